The quantitative estimate of drug-likeness (QED) is 0.795. The van der Waals surface area contributed by atoms with Crippen LogP contribution >= 0.6 is 0 Å². The minimum absolute atomic E-state index is 0.116. The number of hydrogen-bond acceptors (Lipinski definition) is 3. The zero-order valence-corrected chi connectivity index (χ0v) is 13.9. The Balaban J connectivity index is 2.22. The molecule has 1 aliphatic rings. The fraction of sp³-hybridized carbons (Fsp3) is 0.667. The summed E-state index contributed by atoms with van der Waals surface area (Å²) in [5, 5.41) is 0. The minimum Gasteiger partial charge on any atom is -0.497 e. The Bertz CT molecular complexity index is 441. The molecule has 2 rings (SSSR count). The molecule has 0 radical (unpaired) electrons. The highest BCUT2D eigenvalue weighted by atomic mass is 16.5. The van der Waals surface area contributed by atoms with Crippen LogP contribution in [0.4, 0.5) is 0 Å². The molecule has 21 heavy (non-hydrogen) atoms. The van der Waals surface area contributed by atoms with Gasteiger partial charge in [-0.15, -0.1) is 0 Å². The first kappa shape index (κ1) is 16.3. The van der Waals surface area contributed by atoms with Gasteiger partial charge in [-0.2, -0.15) is 0 Å². The van der Waals surface area contributed by atoms with E-state index in [4.69, 9.17) is 10.5 Å². The summed E-state index contributed by atoms with van der Waals surface area (Å²) < 4.78 is 5.38. The molecule has 1 saturated carbocycles. The number of nitrogens with zero attached hydrogens (tertiary/aromatic N) is 1. The highest BCUT2D eigenvalue weighted by Gasteiger charge is 2.36. The number of methoxy groups -OCH3 is 1. The smallest absolute Gasteiger partial charge is 0.119 e. The van der Waals surface area contributed by atoms with E-state index in [9.17, 15) is 0 Å². The lowest BCUT2D eigenvalue weighted by Crippen LogP contribution is -2.41. The summed E-state index contributed by atoms with van der Waals surface area (Å²) in [6.07, 6.45) is 3.85. The van der Waals surface area contributed by atoms with E-state index in [1.807, 2.05) is 6.07 Å². The molecule has 0 aromatic heterocycles. The first-order chi connectivity index (χ1) is 10.0. The molecule has 3 nitrogen and oxygen atoms in total. The Morgan fingerprint density at radius 1 is 1.29 bits per heavy atom. The van der Waals surface area contributed by atoms with Crippen molar-refractivity contribution in [1.29, 1.82) is 0 Å². The summed E-state index contributed by atoms with van der Waals surface area (Å²) in [6.45, 7) is 7.83. The van der Waals surface area contributed by atoms with E-state index in [2.05, 4.69) is 43.9 Å². The van der Waals surface area contributed by atoms with Gasteiger partial charge < -0.3 is 10.5 Å². The SMILES string of the molecule is COc1cccc(C(C(C)N)N(CCC(C)C)C2CC2)c1. The fourth-order valence-corrected chi connectivity index (χ4v) is 2.98. The van der Waals surface area contributed by atoms with Crippen LogP contribution in [-0.2, 0) is 0 Å². The average Bonchev–Trinajstić information content (AvgIpc) is 3.27. The van der Waals surface area contributed by atoms with Crippen LogP contribution in [0.3, 0.4) is 0 Å². The molecule has 0 spiro atoms. The van der Waals surface area contributed by atoms with Crippen molar-refractivity contribution in [3.63, 3.8) is 0 Å². The number of rotatable bonds is 8. The molecule has 0 saturated heterocycles. The third-order valence-electron chi connectivity index (χ3n) is 4.27. The summed E-state index contributed by atoms with van der Waals surface area (Å²) in [5.41, 5.74) is 7.63. The van der Waals surface area contributed by atoms with Crippen molar-refractivity contribution in [1.82, 2.24) is 4.90 Å². The molecule has 2 atom stereocenters. The third kappa shape index (κ3) is 4.45. The lowest BCUT2D eigenvalue weighted by Gasteiger charge is -2.35. The van der Waals surface area contributed by atoms with Crippen LogP contribution in [0.5, 0.6) is 5.75 Å². The Hall–Kier alpha value is -1.06. The third-order valence-corrected chi connectivity index (χ3v) is 4.27. The lowest BCUT2D eigenvalue weighted by atomic mass is 9.97. The summed E-state index contributed by atoms with van der Waals surface area (Å²) >= 11 is 0. The van der Waals surface area contributed by atoms with Crippen molar-refractivity contribution in [2.75, 3.05) is 13.7 Å². The van der Waals surface area contributed by atoms with Gasteiger partial charge in [0.25, 0.3) is 0 Å². The highest BCUT2D eigenvalue weighted by molar-refractivity contribution is 5.31. The van der Waals surface area contributed by atoms with Crippen LogP contribution < -0.4 is 10.5 Å². The van der Waals surface area contributed by atoms with Gasteiger partial charge in [-0.25, -0.2) is 0 Å². The first-order valence-corrected chi connectivity index (χ1v) is 8.18. The Morgan fingerprint density at radius 2 is 2.00 bits per heavy atom. The van der Waals surface area contributed by atoms with Gasteiger partial charge in [0.05, 0.1) is 13.2 Å². The van der Waals surface area contributed by atoms with Gasteiger partial charge >= 0.3 is 0 Å². The van der Waals surface area contributed by atoms with Gasteiger partial charge in [0.2, 0.25) is 0 Å². The van der Waals surface area contributed by atoms with E-state index < -0.39 is 0 Å². The molecule has 0 amide bonds. The van der Waals surface area contributed by atoms with E-state index in [1.54, 1.807) is 7.11 Å². The van der Waals surface area contributed by atoms with Gasteiger partial charge in [0.15, 0.2) is 0 Å². The predicted molar refractivity (Wildman–Crippen MR) is 88.6 cm³/mol. The van der Waals surface area contributed by atoms with E-state index >= 15 is 0 Å². The Morgan fingerprint density at radius 3 is 2.52 bits per heavy atom. The molecule has 0 aliphatic heterocycles. The van der Waals surface area contributed by atoms with Crippen LogP contribution in [0, 0.1) is 5.92 Å². The van der Waals surface area contributed by atoms with Crippen molar-refractivity contribution in [2.45, 2.75) is 58.2 Å². The zero-order chi connectivity index (χ0) is 15.4. The standard InChI is InChI=1S/C18H30N2O/c1-13(2)10-11-20(16-8-9-16)18(14(3)19)15-6-5-7-17(12-15)21-4/h5-7,12-14,16,18H,8-11,19H2,1-4H3. The summed E-state index contributed by atoms with van der Waals surface area (Å²) in [7, 11) is 1.72. The molecular formula is C18H30N2O. The summed E-state index contributed by atoms with van der Waals surface area (Å²) in [5.74, 6) is 1.64. The fourth-order valence-electron chi connectivity index (χ4n) is 2.98. The van der Waals surface area contributed by atoms with Crippen molar-refractivity contribution < 1.29 is 4.74 Å². The molecule has 1 aliphatic carbocycles. The molecule has 2 N–H and O–H groups in total. The first-order valence-electron chi connectivity index (χ1n) is 8.18. The number of benzene rings is 1. The predicted octanol–water partition coefficient (Wildman–Crippen LogP) is 3.59. The number of ether oxygens (including phenoxy) is 1. The normalized spacial score (nSPS) is 18.0. The van der Waals surface area contributed by atoms with Gasteiger partial charge in [0, 0.05) is 12.1 Å². The topological polar surface area (TPSA) is 38.5 Å². The second-order valence-corrected chi connectivity index (χ2v) is 6.73. The number of nitrogens with two attached hydrogens (primary N) is 1. The molecule has 118 valence electrons. The van der Waals surface area contributed by atoms with Gasteiger partial charge in [-0.05, 0) is 56.3 Å². The molecule has 1 aromatic carbocycles. The van der Waals surface area contributed by atoms with Crippen LogP contribution in [0.2, 0.25) is 0 Å². The molecule has 2 unspecified atom stereocenters. The summed E-state index contributed by atoms with van der Waals surface area (Å²) in [6, 6.07) is 9.50. The summed E-state index contributed by atoms with van der Waals surface area (Å²) in [4.78, 5) is 2.62. The maximum absolute atomic E-state index is 6.35. The minimum atomic E-state index is 0.116. The molecule has 0 bridgehead atoms. The van der Waals surface area contributed by atoms with Crippen LogP contribution in [0.15, 0.2) is 24.3 Å². The maximum atomic E-state index is 6.35. The van der Waals surface area contributed by atoms with Crippen LogP contribution in [0.1, 0.15) is 51.6 Å². The molecule has 1 fully saturated rings. The van der Waals surface area contributed by atoms with Gasteiger partial charge in [-0.3, -0.25) is 4.90 Å². The van der Waals surface area contributed by atoms with E-state index in [1.165, 1.54) is 24.8 Å². The highest BCUT2D eigenvalue weighted by Crippen LogP contribution is 2.37. The second kappa shape index (κ2) is 7.28. The van der Waals surface area contributed by atoms with E-state index in [-0.39, 0.29) is 12.1 Å². The molecular weight excluding hydrogens is 260 g/mol. The largest absolute Gasteiger partial charge is 0.497 e. The van der Waals surface area contributed by atoms with E-state index in [0.29, 0.717) is 6.04 Å². The monoisotopic (exact) mass is 290 g/mol. The Labute approximate surface area is 129 Å². The van der Waals surface area contributed by atoms with Gasteiger partial charge in [-0.1, -0.05) is 26.0 Å². The van der Waals surface area contributed by atoms with Crippen molar-refractivity contribution in [2.24, 2.45) is 11.7 Å². The maximum Gasteiger partial charge on any atom is 0.119 e. The molecule has 0 heterocycles. The molecule has 1 aromatic rings. The number of hydrogen-bond donors (Lipinski definition) is 1. The van der Waals surface area contributed by atoms with Crippen molar-refractivity contribution in [3.8, 4) is 5.75 Å². The Kier molecular flexibility index (Phi) is 5.65. The van der Waals surface area contributed by atoms with Crippen LogP contribution in [-0.4, -0.2) is 30.6 Å². The van der Waals surface area contributed by atoms with E-state index in [0.717, 1.165) is 18.2 Å². The van der Waals surface area contributed by atoms with Crippen LogP contribution in [0.25, 0.3) is 0 Å². The van der Waals surface area contributed by atoms with Crippen molar-refractivity contribution >= 4 is 0 Å². The van der Waals surface area contributed by atoms with Gasteiger partial charge in [0.1, 0.15) is 5.75 Å². The second-order valence-electron chi connectivity index (χ2n) is 6.73. The zero-order valence-electron chi connectivity index (χ0n) is 13.9. The average molecular weight is 290 g/mol. The van der Waals surface area contributed by atoms with Crippen molar-refractivity contribution in [3.05, 3.63) is 29.8 Å². The lowest BCUT2D eigenvalue weighted by molar-refractivity contribution is 0.157. The molecule has 3 heteroatoms.